The molecular weight excluding hydrogens is 374 g/mol. The lowest BCUT2D eigenvalue weighted by atomic mass is 9.75. The minimum absolute atomic E-state index is 0.0318. The summed E-state index contributed by atoms with van der Waals surface area (Å²) in [6.07, 6.45) is 3.53. The zero-order valence-electron chi connectivity index (χ0n) is 17.0. The number of piperidine rings is 1. The first-order valence-electron chi connectivity index (χ1n) is 10.1. The maximum atomic E-state index is 12.8. The predicted molar refractivity (Wildman–Crippen MR) is 105 cm³/mol. The Morgan fingerprint density at radius 2 is 1.76 bits per heavy atom. The molecule has 0 radical (unpaired) electrons. The number of carbonyl (C=O) groups excluding carboxylic acids is 3. The van der Waals surface area contributed by atoms with Crippen molar-refractivity contribution in [3.8, 4) is 0 Å². The van der Waals surface area contributed by atoms with Gasteiger partial charge in [0.15, 0.2) is 0 Å². The van der Waals surface area contributed by atoms with Gasteiger partial charge in [0, 0.05) is 56.8 Å². The summed E-state index contributed by atoms with van der Waals surface area (Å²) in [5.74, 6) is -0.255. The summed E-state index contributed by atoms with van der Waals surface area (Å²) in [6.45, 7) is 4.97. The zero-order chi connectivity index (χ0) is 20.7. The van der Waals surface area contributed by atoms with Crippen LogP contribution in [0.5, 0.6) is 0 Å². The number of ether oxygens (including phenoxy) is 2. The molecule has 2 amide bonds. The standard InChI is InChI=1S/C21H29N3O5/c1-17(25)29-16-21(15-20(27)24-10-12-28-13-11-24)5-8-23(9-6-21)19(26)14-18-4-2-3-7-22-18/h2-4,7H,5-6,8-16H2,1H3. The first kappa shape index (κ1) is 21.2. The van der Waals surface area contributed by atoms with Crippen molar-refractivity contribution in [2.75, 3.05) is 46.0 Å². The van der Waals surface area contributed by atoms with Crippen LogP contribution in [0.4, 0.5) is 0 Å². The molecule has 0 spiro atoms. The van der Waals surface area contributed by atoms with Gasteiger partial charge in [0.05, 0.1) is 26.2 Å². The summed E-state index contributed by atoms with van der Waals surface area (Å²) in [5, 5.41) is 0. The minimum Gasteiger partial charge on any atom is -0.465 e. The van der Waals surface area contributed by atoms with Crippen LogP contribution in [0.25, 0.3) is 0 Å². The molecule has 8 nitrogen and oxygen atoms in total. The van der Waals surface area contributed by atoms with E-state index in [9.17, 15) is 14.4 Å². The lowest BCUT2D eigenvalue weighted by molar-refractivity contribution is -0.152. The number of pyridine rings is 1. The smallest absolute Gasteiger partial charge is 0.302 e. The van der Waals surface area contributed by atoms with Crippen LogP contribution in [-0.4, -0.2) is 78.6 Å². The van der Waals surface area contributed by atoms with Gasteiger partial charge in [0.25, 0.3) is 0 Å². The van der Waals surface area contributed by atoms with Crippen molar-refractivity contribution in [2.24, 2.45) is 5.41 Å². The highest BCUT2D eigenvalue weighted by Gasteiger charge is 2.40. The highest BCUT2D eigenvalue weighted by atomic mass is 16.5. The monoisotopic (exact) mass is 403 g/mol. The van der Waals surface area contributed by atoms with Gasteiger partial charge < -0.3 is 19.3 Å². The van der Waals surface area contributed by atoms with E-state index < -0.39 is 5.41 Å². The van der Waals surface area contributed by atoms with Gasteiger partial charge in [-0.2, -0.15) is 0 Å². The molecule has 1 aromatic rings. The Morgan fingerprint density at radius 3 is 2.38 bits per heavy atom. The molecular formula is C21H29N3O5. The summed E-state index contributed by atoms with van der Waals surface area (Å²) in [5.41, 5.74) is 0.319. The Morgan fingerprint density at radius 1 is 1.07 bits per heavy atom. The third kappa shape index (κ3) is 6.00. The van der Waals surface area contributed by atoms with Crippen molar-refractivity contribution >= 4 is 17.8 Å². The van der Waals surface area contributed by atoms with Gasteiger partial charge in [-0.3, -0.25) is 19.4 Å². The Balaban J connectivity index is 1.60. The Labute approximate surface area is 171 Å². The second-order valence-electron chi connectivity index (χ2n) is 7.83. The molecule has 0 N–H and O–H groups in total. The van der Waals surface area contributed by atoms with Crippen LogP contribution in [-0.2, 0) is 30.3 Å². The number of likely N-dealkylation sites (tertiary alicyclic amines) is 1. The number of nitrogens with zero attached hydrogens (tertiary/aromatic N) is 3. The van der Waals surface area contributed by atoms with Gasteiger partial charge >= 0.3 is 5.97 Å². The van der Waals surface area contributed by atoms with Crippen molar-refractivity contribution in [1.29, 1.82) is 0 Å². The number of rotatable bonds is 6. The Bertz CT molecular complexity index is 710. The van der Waals surface area contributed by atoms with E-state index in [0.717, 1.165) is 5.69 Å². The van der Waals surface area contributed by atoms with Gasteiger partial charge in [-0.15, -0.1) is 0 Å². The maximum absolute atomic E-state index is 12.8. The molecule has 0 atom stereocenters. The molecule has 0 aliphatic carbocycles. The van der Waals surface area contributed by atoms with E-state index in [1.807, 2.05) is 28.0 Å². The lowest BCUT2D eigenvalue weighted by Gasteiger charge is -2.42. The molecule has 2 aliphatic heterocycles. The molecule has 1 aromatic heterocycles. The van der Waals surface area contributed by atoms with Crippen LogP contribution in [0.2, 0.25) is 0 Å². The van der Waals surface area contributed by atoms with E-state index in [1.54, 1.807) is 6.20 Å². The van der Waals surface area contributed by atoms with Crippen LogP contribution in [0.1, 0.15) is 31.9 Å². The third-order valence-electron chi connectivity index (χ3n) is 5.71. The molecule has 0 aromatic carbocycles. The maximum Gasteiger partial charge on any atom is 0.302 e. The summed E-state index contributed by atoms with van der Waals surface area (Å²) in [7, 11) is 0. The van der Waals surface area contributed by atoms with E-state index in [2.05, 4.69) is 4.98 Å². The van der Waals surface area contributed by atoms with Gasteiger partial charge in [0.1, 0.15) is 0 Å². The normalized spacial score (nSPS) is 18.9. The highest BCUT2D eigenvalue weighted by molar-refractivity contribution is 5.79. The van der Waals surface area contributed by atoms with E-state index in [0.29, 0.717) is 58.7 Å². The second kappa shape index (κ2) is 9.82. The molecule has 2 aliphatic rings. The number of hydrogen-bond acceptors (Lipinski definition) is 6. The zero-order valence-corrected chi connectivity index (χ0v) is 17.0. The number of aromatic nitrogens is 1. The molecule has 2 fully saturated rings. The summed E-state index contributed by atoms with van der Waals surface area (Å²) in [6, 6.07) is 5.53. The molecule has 0 unspecified atom stereocenters. The van der Waals surface area contributed by atoms with E-state index in [-0.39, 0.29) is 30.8 Å². The minimum atomic E-state index is -0.428. The largest absolute Gasteiger partial charge is 0.465 e. The van der Waals surface area contributed by atoms with E-state index in [1.165, 1.54) is 6.92 Å². The van der Waals surface area contributed by atoms with Gasteiger partial charge in [0.2, 0.25) is 11.8 Å². The summed E-state index contributed by atoms with van der Waals surface area (Å²) >= 11 is 0. The summed E-state index contributed by atoms with van der Waals surface area (Å²) < 4.78 is 10.6. The lowest BCUT2D eigenvalue weighted by Crippen LogP contribution is -2.49. The second-order valence-corrected chi connectivity index (χ2v) is 7.83. The molecule has 8 heteroatoms. The molecule has 2 saturated heterocycles. The van der Waals surface area contributed by atoms with Crippen LogP contribution >= 0.6 is 0 Å². The quantitative estimate of drug-likeness (QED) is 0.660. The van der Waals surface area contributed by atoms with Crippen molar-refractivity contribution in [3.63, 3.8) is 0 Å². The molecule has 3 rings (SSSR count). The third-order valence-corrected chi connectivity index (χ3v) is 5.71. The summed E-state index contributed by atoms with van der Waals surface area (Å²) in [4.78, 5) is 44.7. The van der Waals surface area contributed by atoms with Crippen LogP contribution in [0.15, 0.2) is 24.4 Å². The van der Waals surface area contributed by atoms with Crippen molar-refractivity contribution in [1.82, 2.24) is 14.8 Å². The fourth-order valence-corrected chi connectivity index (χ4v) is 3.87. The molecule has 0 bridgehead atoms. The number of amides is 2. The average Bonchev–Trinajstić information content (AvgIpc) is 2.74. The van der Waals surface area contributed by atoms with Gasteiger partial charge in [-0.25, -0.2) is 0 Å². The van der Waals surface area contributed by atoms with Crippen LogP contribution in [0.3, 0.4) is 0 Å². The average molecular weight is 403 g/mol. The van der Waals surface area contributed by atoms with Gasteiger partial charge in [-0.05, 0) is 25.0 Å². The highest BCUT2D eigenvalue weighted by Crippen LogP contribution is 2.36. The molecule has 0 saturated carbocycles. The number of hydrogen-bond donors (Lipinski definition) is 0. The Kier molecular flexibility index (Phi) is 7.19. The Hall–Kier alpha value is -2.48. The van der Waals surface area contributed by atoms with Gasteiger partial charge in [-0.1, -0.05) is 6.07 Å². The van der Waals surface area contributed by atoms with E-state index >= 15 is 0 Å². The van der Waals surface area contributed by atoms with E-state index in [4.69, 9.17) is 9.47 Å². The number of morpholine rings is 1. The fourth-order valence-electron chi connectivity index (χ4n) is 3.87. The van der Waals surface area contributed by atoms with Crippen molar-refractivity contribution in [2.45, 2.75) is 32.6 Å². The van der Waals surface area contributed by atoms with Crippen molar-refractivity contribution < 1.29 is 23.9 Å². The number of esters is 1. The number of carbonyl (C=O) groups is 3. The van der Waals surface area contributed by atoms with Crippen LogP contribution < -0.4 is 0 Å². The van der Waals surface area contributed by atoms with Crippen LogP contribution in [0, 0.1) is 5.41 Å². The first-order valence-corrected chi connectivity index (χ1v) is 10.1. The van der Waals surface area contributed by atoms with Crippen molar-refractivity contribution in [3.05, 3.63) is 30.1 Å². The SMILES string of the molecule is CC(=O)OCC1(CC(=O)N2CCOCC2)CCN(C(=O)Cc2ccccn2)CC1. The fraction of sp³-hybridized carbons (Fsp3) is 0.619. The molecule has 3 heterocycles. The molecule has 158 valence electrons. The topological polar surface area (TPSA) is 89.0 Å². The first-order chi connectivity index (χ1) is 14.0. The predicted octanol–water partition coefficient (Wildman–Crippen LogP) is 1.04. The molecule has 29 heavy (non-hydrogen) atoms.